The summed E-state index contributed by atoms with van der Waals surface area (Å²) in [5.41, 5.74) is 5.46. The molecule has 0 fully saturated rings. The lowest BCUT2D eigenvalue weighted by Crippen LogP contribution is -2.28. The summed E-state index contributed by atoms with van der Waals surface area (Å²) >= 11 is 11.5. The van der Waals surface area contributed by atoms with Crippen molar-refractivity contribution in [2.24, 2.45) is 11.7 Å². The number of halogens is 2. The molecule has 0 aliphatic heterocycles. The molecule has 5 heteroatoms. The van der Waals surface area contributed by atoms with Crippen molar-refractivity contribution in [3.63, 3.8) is 0 Å². The summed E-state index contributed by atoms with van der Waals surface area (Å²) in [6.45, 7) is 5.67. The second-order valence-electron chi connectivity index (χ2n) is 3.30. The van der Waals surface area contributed by atoms with Crippen molar-refractivity contribution < 1.29 is 0 Å². The molecule has 1 unspecified atom stereocenters. The zero-order chi connectivity index (χ0) is 11.4. The number of imidazole rings is 1. The molecule has 1 aromatic heterocycles. The SMILES string of the molecule is C=C(Cl)C(C)C/C=c1\[nH]cn\c1=C(\N)Cl. The van der Waals surface area contributed by atoms with Crippen molar-refractivity contribution in [1.29, 1.82) is 0 Å². The van der Waals surface area contributed by atoms with Crippen molar-refractivity contribution in [1.82, 2.24) is 9.97 Å². The second kappa shape index (κ2) is 5.24. The Morgan fingerprint density at radius 1 is 1.73 bits per heavy atom. The van der Waals surface area contributed by atoms with Crippen LogP contribution in [0.1, 0.15) is 13.3 Å². The summed E-state index contributed by atoms with van der Waals surface area (Å²) in [7, 11) is 0. The normalized spacial score (nSPS) is 16.3. The minimum Gasteiger partial charge on any atom is -0.388 e. The topological polar surface area (TPSA) is 54.7 Å². The van der Waals surface area contributed by atoms with Crippen LogP contribution in [0, 0.1) is 5.92 Å². The number of rotatable bonds is 3. The molecule has 1 aromatic rings. The third kappa shape index (κ3) is 3.29. The zero-order valence-electron chi connectivity index (χ0n) is 8.43. The van der Waals surface area contributed by atoms with Crippen LogP contribution in [0.2, 0.25) is 0 Å². The van der Waals surface area contributed by atoms with Gasteiger partial charge in [-0.2, -0.15) is 0 Å². The molecule has 0 aliphatic rings. The van der Waals surface area contributed by atoms with Gasteiger partial charge in [-0.05, 0) is 12.3 Å². The Morgan fingerprint density at radius 2 is 2.40 bits per heavy atom. The minimum atomic E-state index is 0.180. The van der Waals surface area contributed by atoms with Gasteiger partial charge in [0.05, 0.1) is 11.7 Å². The fourth-order valence-electron chi connectivity index (χ4n) is 1.07. The maximum absolute atomic E-state index is 5.77. The van der Waals surface area contributed by atoms with E-state index in [1.807, 2.05) is 13.0 Å². The van der Waals surface area contributed by atoms with Crippen molar-refractivity contribution >= 4 is 34.4 Å². The maximum Gasteiger partial charge on any atom is 0.127 e. The predicted molar refractivity (Wildman–Crippen MR) is 64.5 cm³/mol. The largest absolute Gasteiger partial charge is 0.388 e. The average Bonchev–Trinajstić information content (AvgIpc) is 2.61. The van der Waals surface area contributed by atoms with Crippen LogP contribution < -0.4 is 16.4 Å². The molecule has 0 aromatic carbocycles. The Hall–Kier alpha value is -0.930. The van der Waals surface area contributed by atoms with Crippen molar-refractivity contribution in [3.05, 3.63) is 28.6 Å². The number of H-pyrrole nitrogens is 1. The van der Waals surface area contributed by atoms with Crippen LogP contribution in [0.25, 0.3) is 11.2 Å². The van der Waals surface area contributed by atoms with Gasteiger partial charge in [0.2, 0.25) is 0 Å². The van der Waals surface area contributed by atoms with Gasteiger partial charge in [-0.3, -0.25) is 0 Å². The fraction of sp³-hybridized carbons (Fsp3) is 0.300. The smallest absolute Gasteiger partial charge is 0.127 e. The van der Waals surface area contributed by atoms with E-state index >= 15 is 0 Å². The highest BCUT2D eigenvalue weighted by molar-refractivity contribution is 6.44. The molecule has 0 spiro atoms. The highest BCUT2D eigenvalue weighted by Crippen LogP contribution is 2.16. The summed E-state index contributed by atoms with van der Waals surface area (Å²) in [5, 5.41) is 2.20. The first kappa shape index (κ1) is 12.1. The van der Waals surface area contributed by atoms with Crippen LogP contribution >= 0.6 is 23.2 Å². The van der Waals surface area contributed by atoms with E-state index in [2.05, 4.69) is 16.5 Å². The molecular formula is C10H13Cl2N3. The number of nitrogens with zero attached hydrogens (tertiary/aromatic N) is 1. The number of nitrogens with two attached hydrogens (primary N) is 1. The molecule has 3 nitrogen and oxygen atoms in total. The average molecular weight is 246 g/mol. The number of allylic oxidation sites excluding steroid dienone is 1. The molecule has 3 N–H and O–H groups in total. The van der Waals surface area contributed by atoms with E-state index in [4.69, 9.17) is 28.9 Å². The van der Waals surface area contributed by atoms with Gasteiger partial charge in [0, 0.05) is 5.03 Å². The zero-order valence-corrected chi connectivity index (χ0v) is 9.94. The second-order valence-corrected chi connectivity index (χ2v) is 4.19. The molecule has 15 heavy (non-hydrogen) atoms. The Morgan fingerprint density at radius 3 is 2.93 bits per heavy atom. The fourth-order valence-corrected chi connectivity index (χ4v) is 1.31. The van der Waals surface area contributed by atoms with Gasteiger partial charge in [0.1, 0.15) is 10.5 Å². The first-order valence-corrected chi connectivity index (χ1v) is 5.27. The van der Waals surface area contributed by atoms with Crippen molar-refractivity contribution in [3.8, 4) is 0 Å². The number of nitrogens with one attached hydrogen (secondary N) is 1. The van der Waals surface area contributed by atoms with E-state index in [-0.39, 0.29) is 11.1 Å². The maximum atomic E-state index is 5.77. The summed E-state index contributed by atoms with van der Waals surface area (Å²) in [6.07, 6.45) is 4.27. The Balaban J connectivity index is 2.98. The third-order valence-corrected chi connectivity index (χ3v) is 2.66. The lowest BCUT2D eigenvalue weighted by Gasteiger charge is -2.03. The van der Waals surface area contributed by atoms with Crippen molar-refractivity contribution in [2.75, 3.05) is 0 Å². The lowest BCUT2D eigenvalue weighted by molar-refractivity contribution is 0.751. The van der Waals surface area contributed by atoms with Crippen LogP contribution in [0.3, 0.4) is 0 Å². The number of aromatic nitrogens is 2. The number of hydrogen-bond donors (Lipinski definition) is 2. The molecular weight excluding hydrogens is 233 g/mol. The first-order valence-electron chi connectivity index (χ1n) is 4.51. The standard InChI is InChI=1S/C10H13Cl2N3/c1-6(7(2)11)3-4-8-9(10(12)13)15-5-14-8/h4-6H,2-3,13H2,1H3,(H,14,15)/b8-4-,10-9+. The molecule has 1 heterocycles. The van der Waals surface area contributed by atoms with E-state index in [0.717, 1.165) is 11.8 Å². The quantitative estimate of drug-likeness (QED) is 0.788. The van der Waals surface area contributed by atoms with E-state index in [1.54, 1.807) is 6.33 Å². The molecule has 0 saturated heterocycles. The summed E-state index contributed by atoms with van der Waals surface area (Å²) in [6, 6.07) is 0. The summed E-state index contributed by atoms with van der Waals surface area (Å²) < 4.78 is 0. The first-order chi connectivity index (χ1) is 7.02. The van der Waals surface area contributed by atoms with E-state index in [9.17, 15) is 0 Å². The van der Waals surface area contributed by atoms with Gasteiger partial charge in [0.15, 0.2) is 0 Å². The monoisotopic (exact) mass is 245 g/mol. The molecule has 1 rings (SSSR count). The Bertz CT molecular complexity index is 457. The minimum absolute atomic E-state index is 0.180. The van der Waals surface area contributed by atoms with Crippen molar-refractivity contribution in [2.45, 2.75) is 13.3 Å². The van der Waals surface area contributed by atoms with Gasteiger partial charge in [0.25, 0.3) is 0 Å². The molecule has 1 atom stereocenters. The van der Waals surface area contributed by atoms with Crippen LogP contribution in [-0.4, -0.2) is 9.97 Å². The third-order valence-electron chi connectivity index (χ3n) is 2.11. The highest BCUT2D eigenvalue weighted by Gasteiger charge is 2.01. The van der Waals surface area contributed by atoms with Gasteiger partial charge in [-0.15, -0.1) is 0 Å². The number of aromatic amines is 1. The van der Waals surface area contributed by atoms with E-state index in [0.29, 0.717) is 10.4 Å². The van der Waals surface area contributed by atoms with Gasteiger partial charge < -0.3 is 10.7 Å². The van der Waals surface area contributed by atoms with Gasteiger partial charge in [-0.1, -0.05) is 42.8 Å². The van der Waals surface area contributed by atoms with Gasteiger partial charge >= 0.3 is 0 Å². The van der Waals surface area contributed by atoms with Crippen LogP contribution in [0.5, 0.6) is 0 Å². The lowest BCUT2D eigenvalue weighted by atomic mass is 10.1. The molecule has 82 valence electrons. The summed E-state index contributed by atoms with van der Waals surface area (Å²) in [5.74, 6) is 0.208. The van der Waals surface area contributed by atoms with Crippen LogP contribution in [0.4, 0.5) is 0 Å². The highest BCUT2D eigenvalue weighted by atomic mass is 35.5. The molecule has 0 saturated carbocycles. The molecule has 0 amide bonds. The predicted octanol–water partition coefficient (Wildman–Crippen LogP) is 1.23. The molecule has 0 bridgehead atoms. The molecule has 0 radical (unpaired) electrons. The van der Waals surface area contributed by atoms with E-state index < -0.39 is 0 Å². The van der Waals surface area contributed by atoms with Gasteiger partial charge in [-0.25, -0.2) is 4.98 Å². The Labute approximate surface area is 98.3 Å². The summed E-state index contributed by atoms with van der Waals surface area (Å²) in [4.78, 5) is 6.96. The molecule has 0 aliphatic carbocycles. The van der Waals surface area contributed by atoms with Crippen LogP contribution in [-0.2, 0) is 0 Å². The Kier molecular flexibility index (Phi) is 4.24. The van der Waals surface area contributed by atoms with E-state index in [1.165, 1.54) is 0 Å². The van der Waals surface area contributed by atoms with Crippen LogP contribution in [0.15, 0.2) is 17.9 Å². The number of hydrogen-bond acceptors (Lipinski definition) is 2.